The van der Waals surface area contributed by atoms with Crippen LogP contribution in [0.2, 0.25) is 0 Å². The monoisotopic (exact) mass is 206 g/mol. The Morgan fingerprint density at radius 2 is 2.44 bits per heavy atom. The van der Waals surface area contributed by atoms with Crippen LogP contribution in [0, 0.1) is 0 Å². The highest BCUT2D eigenvalue weighted by Gasteiger charge is 2.05. The minimum Gasteiger partial charge on any atom is -0.294 e. The lowest BCUT2D eigenvalue weighted by Gasteiger charge is -1.91. The van der Waals surface area contributed by atoms with Crippen molar-refractivity contribution < 1.29 is 4.79 Å². The summed E-state index contributed by atoms with van der Waals surface area (Å²) in [5, 5.41) is 3.96. The van der Waals surface area contributed by atoms with Gasteiger partial charge in [0.05, 0.1) is 0 Å². The molecule has 0 aromatic heterocycles. The van der Waals surface area contributed by atoms with Crippen molar-refractivity contribution >= 4 is 29.9 Å². The Balaban J connectivity index is 2.75. The third-order valence-electron chi connectivity index (χ3n) is 1.07. The molecular weight excluding hydrogens is 200 g/mol. The molecule has 0 saturated carbocycles. The molecule has 0 aliphatic carbocycles. The maximum atomic E-state index is 10.7. The van der Waals surface area contributed by atoms with Gasteiger partial charge in [-0.1, -0.05) is 0 Å². The normalized spacial score (nSPS) is 28.2. The highest BCUT2D eigenvalue weighted by atomic mass is 79.9. The van der Waals surface area contributed by atoms with Gasteiger partial charge in [-0.15, -0.1) is 0 Å². The summed E-state index contributed by atoms with van der Waals surface area (Å²) in [7, 11) is -0.288. The van der Waals surface area contributed by atoms with Crippen LogP contribution < -0.4 is 0 Å². The van der Waals surface area contributed by atoms with Crippen molar-refractivity contribution in [3.05, 3.63) is 22.5 Å². The fourth-order valence-electron chi connectivity index (χ4n) is 0.579. The summed E-state index contributed by atoms with van der Waals surface area (Å²) in [5.74, 6) is 0.149. The number of thiol groups is 1. The van der Waals surface area contributed by atoms with Crippen LogP contribution in [0.25, 0.3) is 0 Å². The van der Waals surface area contributed by atoms with E-state index in [2.05, 4.69) is 14.8 Å². The maximum Gasteiger partial charge on any atom is 0.160 e. The average Bonchev–Trinajstić information content (AvgIpc) is 2.14. The Morgan fingerprint density at radius 3 is 2.67 bits per heavy atom. The Kier molecular flexibility index (Phi) is 2.13. The first-order chi connectivity index (χ1) is 4.20. The molecule has 0 fully saturated rings. The van der Waals surface area contributed by atoms with E-state index in [0.717, 1.165) is 5.57 Å². The number of hydrogen-bond acceptors (Lipinski definition) is 1. The lowest BCUT2D eigenvalue weighted by molar-refractivity contribution is -0.113. The third-order valence-corrected chi connectivity index (χ3v) is 3.35. The number of halogens is 1. The number of carbonyl (C=O) groups excluding carboxylic acids is 1. The minimum absolute atomic E-state index is 0.149. The summed E-state index contributed by atoms with van der Waals surface area (Å²) < 4.78 is 0. The van der Waals surface area contributed by atoms with Crippen LogP contribution in [0.5, 0.6) is 0 Å². The number of carbonyl (C=O) groups is 1. The number of allylic oxidation sites excluding steroid dienone is 2. The van der Waals surface area contributed by atoms with Gasteiger partial charge in [-0.25, -0.2) is 0 Å². The predicted molar refractivity (Wildman–Crippen MR) is 45.8 cm³/mol. The molecule has 1 atom stereocenters. The fraction of sp³-hybridized carbons (Fsp3) is 0.167. The van der Waals surface area contributed by atoms with Crippen LogP contribution in [0.3, 0.4) is 0 Å². The van der Waals surface area contributed by atoms with Crippen LogP contribution in [-0.2, 0) is 4.79 Å². The molecule has 0 aromatic carbocycles. The van der Waals surface area contributed by atoms with Gasteiger partial charge in [-0.05, 0) is 38.6 Å². The van der Waals surface area contributed by atoms with E-state index >= 15 is 0 Å². The van der Waals surface area contributed by atoms with Gasteiger partial charge in [-0.2, -0.15) is 9.33 Å². The van der Waals surface area contributed by atoms with Crippen molar-refractivity contribution in [3.8, 4) is 0 Å². The van der Waals surface area contributed by atoms with E-state index in [4.69, 9.17) is 0 Å². The topological polar surface area (TPSA) is 17.1 Å². The van der Waals surface area contributed by atoms with Crippen LogP contribution in [0.4, 0.5) is 0 Å². The van der Waals surface area contributed by atoms with Gasteiger partial charge in [0.1, 0.15) is 0 Å². The molecule has 1 aliphatic heterocycles. The molecule has 50 valence electrons. The summed E-state index contributed by atoms with van der Waals surface area (Å²) in [5.41, 5.74) is 0.831. The second-order valence-electron chi connectivity index (χ2n) is 1.80. The van der Waals surface area contributed by atoms with Gasteiger partial charge in [0.15, 0.2) is 5.78 Å². The van der Waals surface area contributed by atoms with Gasteiger partial charge in [-0.3, -0.25) is 4.79 Å². The van der Waals surface area contributed by atoms with Crippen molar-refractivity contribution in [2.45, 2.75) is 6.92 Å². The molecule has 0 bridgehead atoms. The first-order valence-electron chi connectivity index (χ1n) is 2.55. The first kappa shape index (κ1) is 7.09. The SMILES string of the molecule is CC(=O)C1=C[SH](Br)C=C1. The third kappa shape index (κ3) is 1.69. The largest absolute Gasteiger partial charge is 0.294 e. The second-order valence-corrected chi connectivity index (χ2v) is 5.50. The molecule has 0 aromatic rings. The highest BCUT2D eigenvalue weighted by molar-refractivity contribution is 9.55. The number of Topliss-reactive ketones (excluding diaryl/α,β-unsaturated/α-hetero) is 1. The van der Waals surface area contributed by atoms with Gasteiger partial charge in [0, 0.05) is 5.57 Å². The van der Waals surface area contributed by atoms with Crippen LogP contribution in [0.15, 0.2) is 22.5 Å². The highest BCUT2D eigenvalue weighted by Crippen LogP contribution is 2.42. The van der Waals surface area contributed by atoms with Crippen molar-refractivity contribution in [2.24, 2.45) is 0 Å². The molecule has 1 nitrogen and oxygen atoms in total. The zero-order valence-corrected chi connectivity index (χ0v) is 7.45. The molecule has 0 spiro atoms. The number of rotatable bonds is 1. The zero-order chi connectivity index (χ0) is 6.85. The van der Waals surface area contributed by atoms with Crippen molar-refractivity contribution in [1.82, 2.24) is 0 Å². The molecule has 0 amide bonds. The van der Waals surface area contributed by atoms with E-state index in [9.17, 15) is 4.79 Å². The van der Waals surface area contributed by atoms with Gasteiger partial charge < -0.3 is 0 Å². The summed E-state index contributed by atoms with van der Waals surface area (Å²) in [6.07, 6.45) is 1.86. The molecule has 1 unspecified atom stereocenters. The Labute approximate surface area is 64.4 Å². The van der Waals surface area contributed by atoms with Gasteiger partial charge in [0.25, 0.3) is 0 Å². The van der Waals surface area contributed by atoms with Crippen molar-refractivity contribution in [2.75, 3.05) is 0 Å². The molecule has 1 heterocycles. The lowest BCUT2D eigenvalue weighted by Crippen LogP contribution is -1.88. The van der Waals surface area contributed by atoms with Crippen LogP contribution in [0.1, 0.15) is 6.92 Å². The molecule has 1 aliphatic rings. The van der Waals surface area contributed by atoms with Crippen molar-refractivity contribution in [1.29, 1.82) is 0 Å². The first-order valence-corrected chi connectivity index (χ1v) is 6.05. The molecule has 0 radical (unpaired) electrons. The van der Waals surface area contributed by atoms with E-state index in [1.165, 1.54) is 0 Å². The molecule has 1 rings (SSSR count). The lowest BCUT2D eigenvalue weighted by atomic mass is 10.2. The zero-order valence-electron chi connectivity index (χ0n) is 4.97. The molecule has 0 saturated heterocycles. The van der Waals surface area contributed by atoms with Gasteiger partial charge in [0.2, 0.25) is 0 Å². The summed E-state index contributed by atoms with van der Waals surface area (Å²) in [4.78, 5) is 10.7. The van der Waals surface area contributed by atoms with E-state index in [-0.39, 0.29) is 15.1 Å². The summed E-state index contributed by atoms with van der Waals surface area (Å²) >= 11 is 3.40. The van der Waals surface area contributed by atoms with E-state index < -0.39 is 0 Å². The second kappa shape index (κ2) is 2.71. The molecular formula is C6H7BrOS. The minimum atomic E-state index is -0.288. The Morgan fingerprint density at radius 1 is 1.78 bits per heavy atom. The predicted octanol–water partition coefficient (Wildman–Crippen LogP) is 2.30. The average molecular weight is 207 g/mol. The Hall–Kier alpha value is -0.0200. The van der Waals surface area contributed by atoms with E-state index in [0.29, 0.717) is 0 Å². The van der Waals surface area contributed by atoms with Crippen LogP contribution in [-0.4, -0.2) is 5.78 Å². The molecule has 0 N–H and O–H groups in total. The van der Waals surface area contributed by atoms with E-state index in [1.54, 1.807) is 6.92 Å². The number of ketones is 1. The molecule has 9 heavy (non-hydrogen) atoms. The fourth-order valence-corrected chi connectivity index (χ4v) is 2.52. The maximum absolute atomic E-state index is 10.7. The van der Waals surface area contributed by atoms with Gasteiger partial charge >= 0.3 is 0 Å². The van der Waals surface area contributed by atoms with Crippen molar-refractivity contribution in [3.63, 3.8) is 0 Å². The summed E-state index contributed by atoms with van der Waals surface area (Å²) in [6.45, 7) is 1.58. The Bertz CT molecular complexity index is 195. The smallest absolute Gasteiger partial charge is 0.160 e. The van der Waals surface area contributed by atoms with Crippen LogP contribution >= 0.6 is 24.1 Å². The number of hydrogen-bond donors (Lipinski definition) is 1. The summed E-state index contributed by atoms with van der Waals surface area (Å²) in [6, 6.07) is 0. The standard InChI is InChI=1S/C6H7BrOS/c1-5(8)6-2-3-9(7)4-6/h2-4,9H,1H3. The quantitative estimate of drug-likeness (QED) is 0.653. The van der Waals surface area contributed by atoms with E-state index in [1.807, 2.05) is 16.9 Å². The molecule has 3 heteroatoms.